The maximum absolute atomic E-state index is 10.4. The van der Waals surface area contributed by atoms with E-state index in [1.807, 2.05) is 13.8 Å². The van der Waals surface area contributed by atoms with Crippen molar-refractivity contribution in [3.05, 3.63) is 16.4 Å². The Morgan fingerprint density at radius 1 is 1.50 bits per heavy atom. The Hall–Kier alpha value is -1.06. The van der Waals surface area contributed by atoms with Gasteiger partial charge in [0.25, 0.3) is 0 Å². The number of rotatable bonds is 0. The van der Waals surface area contributed by atoms with Crippen LogP contribution in [0.2, 0.25) is 0 Å². The zero-order chi connectivity index (χ0) is 8.15. The van der Waals surface area contributed by atoms with Gasteiger partial charge in [-0.15, -0.1) is 5.10 Å². The zero-order valence-electron chi connectivity index (χ0n) is 6.71. The third-order valence-electron chi connectivity index (χ3n) is 0.790. The summed E-state index contributed by atoms with van der Waals surface area (Å²) in [4.78, 5) is 10.4. The van der Waals surface area contributed by atoms with Gasteiger partial charge in [0.2, 0.25) is 5.89 Å². The Labute approximate surface area is 59.5 Å². The summed E-state index contributed by atoms with van der Waals surface area (Å²) in [5.41, 5.74) is 0. The summed E-state index contributed by atoms with van der Waals surface area (Å²) in [5, 5.41) is 3.65. The molecule has 0 aliphatic carbocycles. The highest BCUT2D eigenvalue weighted by Gasteiger charge is 1.94. The monoisotopic (exact) mass is 144 g/mol. The molecule has 58 valence electrons. The third-order valence-corrected chi connectivity index (χ3v) is 0.790. The topological polar surface area (TPSA) is 48.0 Å². The van der Waals surface area contributed by atoms with E-state index < -0.39 is 5.76 Å². The van der Waals surface area contributed by atoms with E-state index in [2.05, 4.69) is 9.52 Å². The highest BCUT2D eigenvalue weighted by atomic mass is 16.4. The van der Waals surface area contributed by atoms with Gasteiger partial charge in [-0.1, -0.05) is 13.8 Å². The highest BCUT2D eigenvalue weighted by molar-refractivity contribution is 4.64. The first-order chi connectivity index (χ1) is 4.70. The average molecular weight is 144 g/mol. The van der Waals surface area contributed by atoms with Crippen LogP contribution >= 0.6 is 0 Å². The van der Waals surface area contributed by atoms with Crippen LogP contribution in [0.5, 0.6) is 0 Å². The Balaban J connectivity index is 0.000000371. The number of aromatic nitrogens is 2. The standard InChI is InChI=1S/C4H6N2O2.C2H6/c1-3-5-6(2)4(7)8-3;1-2/h1-2H3;1-2H3. The van der Waals surface area contributed by atoms with E-state index in [0.29, 0.717) is 5.89 Å². The average Bonchev–Trinajstić information content (AvgIpc) is 2.16. The van der Waals surface area contributed by atoms with Gasteiger partial charge in [-0.25, -0.2) is 4.79 Å². The molecular formula is C6H12N2O2. The molecule has 0 saturated heterocycles. The SMILES string of the molecule is CC.Cc1nn(C)c(=O)o1. The van der Waals surface area contributed by atoms with Crippen molar-refractivity contribution in [1.29, 1.82) is 0 Å². The smallest absolute Gasteiger partial charge is 0.393 e. The van der Waals surface area contributed by atoms with Crippen LogP contribution in [-0.4, -0.2) is 9.78 Å². The van der Waals surface area contributed by atoms with Crippen LogP contribution in [0.15, 0.2) is 9.21 Å². The molecule has 0 N–H and O–H groups in total. The summed E-state index contributed by atoms with van der Waals surface area (Å²) in [6.45, 7) is 5.63. The van der Waals surface area contributed by atoms with Crippen molar-refractivity contribution in [2.75, 3.05) is 0 Å². The molecule has 0 aromatic carbocycles. The minimum atomic E-state index is -0.414. The summed E-state index contributed by atoms with van der Waals surface area (Å²) in [6.07, 6.45) is 0. The molecule has 1 rings (SSSR count). The van der Waals surface area contributed by atoms with Gasteiger partial charge >= 0.3 is 5.76 Å². The second-order valence-corrected chi connectivity index (χ2v) is 1.51. The molecule has 0 unspecified atom stereocenters. The van der Waals surface area contributed by atoms with Crippen LogP contribution in [0.25, 0.3) is 0 Å². The summed E-state index contributed by atoms with van der Waals surface area (Å²) in [5.74, 6) is -0.0139. The van der Waals surface area contributed by atoms with Gasteiger partial charge in [0, 0.05) is 14.0 Å². The molecule has 1 aromatic heterocycles. The van der Waals surface area contributed by atoms with Gasteiger partial charge < -0.3 is 4.42 Å². The van der Waals surface area contributed by atoms with Gasteiger partial charge in [-0.2, -0.15) is 4.68 Å². The van der Waals surface area contributed by atoms with Crippen molar-refractivity contribution in [3.63, 3.8) is 0 Å². The van der Waals surface area contributed by atoms with Crippen LogP contribution in [0, 0.1) is 6.92 Å². The molecule has 0 aliphatic heterocycles. The molecular weight excluding hydrogens is 132 g/mol. The van der Waals surface area contributed by atoms with Crippen LogP contribution in [0.4, 0.5) is 0 Å². The van der Waals surface area contributed by atoms with Gasteiger partial charge in [-0.05, 0) is 0 Å². The number of nitrogens with zero attached hydrogens (tertiary/aromatic N) is 2. The third kappa shape index (κ3) is 2.05. The lowest BCUT2D eigenvalue weighted by Crippen LogP contribution is -2.09. The summed E-state index contributed by atoms with van der Waals surface area (Å²) < 4.78 is 5.66. The van der Waals surface area contributed by atoms with E-state index in [9.17, 15) is 4.79 Å². The molecule has 0 saturated carbocycles. The second kappa shape index (κ2) is 3.87. The minimum absolute atomic E-state index is 0.400. The highest BCUT2D eigenvalue weighted by Crippen LogP contribution is 1.79. The van der Waals surface area contributed by atoms with Gasteiger partial charge in [0.1, 0.15) is 0 Å². The first-order valence-corrected chi connectivity index (χ1v) is 3.21. The van der Waals surface area contributed by atoms with E-state index in [1.165, 1.54) is 0 Å². The molecule has 0 amide bonds. The Kier molecular flexibility index (Phi) is 3.46. The van der Waals surface area contributed by atoms with Crippen molar-refractivity contribution in [2.45, 2.75) is 20.8 Å². The van der Waals surface area contributed by atoms with Crippen LogP contribution in [0.1, 0.15) is 19.7 Å². The van der Waals surface area contributed by atoms with Crippen molar-refractivity contribution in [2.24, 2.45) is 7.05 Å². The van der Waals surface area contributed by atoms with E-state index in [4.69, 9.17) is 0 Å². The molecule has 0 spiro atoms. The van der Waals surface area contributed by atoms with E-state index in [0.717, 1.165) is 4.68 Å². The quantitative estimate of drug-likeness (QED) is 0.538. The Bertz CT molecular complexity index is 236. The normalized spacial score (nSPS) is 8.40. The van der Waals surface area contributed by atoms with Crippen molar-refractivity contribution >= 4 is 0 Å². The van der Waals surface area contributed by atoms with Crippen molar-refractivity contribution < 1.29 is 4.42 Å². The van der Waals surface area contributed by atoms with E-state index in [-0.39, 0.29) is 0 Å². The number of hydrogen-bond acceptors (Lipinski definition) is 3. The fourth-order valence-electron chi connectivity index (χ4n) is 0.465. The predicted octanol–water partition coefficient (Wildman–Crippen LogP) is 0.708. The first-order valence-electron chi connectivity index (χ1n) is 3.21. The Morgan fingerprint density at radius 3 is 2.10 bits per heavy atom. The molecule has 1 heterocycles. The second-order valence-electron chi connectivity index (χ2n) is 1.51. The fourth-order valence-corrected chi connectivity index (χ4v) is 0.465. The minimum Gasteiger partial charge on any atom is -0.393 e. The molecule has 4 heteroatoms. The maximum Gasteiger partial charge on any atom is 0.436 e. The Morgan fingerprint density at radius 2 is 2.00 bits per heavy atom. The van der Waals surface area contributed by atoms with Crippen LogP contribution < -0.4 is 5.76 Å². The fraction of sp³-hybridized carbons (Fsp3) is 0.667. The molecule has 0 aliphatic rings. The molecule has 10 heavy (non-hydrogen) atoms. The lowest BCUT2D eigenvalue weighted by molar-refractivity contribution is 0.471. The van der Waals surface area contributed by atoms with Gasteiger partial charge in [-0.3, -0.25) is 0 Å². The lowest BCUT2D eigenvalue weighted by Gasteiger charge is -1.73. The maximum atomic E-state index is 10.4. The molecule has 0 radical (unpaired) electrons. The van der Waals surface area contributed by atoms with E-state index >= 15 is 0 Å². The predicted molar refractivity (Wildman–Crippen MR) is 37.8 cm³/mol. The van der Waals surface area contributed by atoms with Crippen LogP contribution in [0.3, 0.4) is 0 Å². The van der Waals surface area contributed by atoms with E-state index in [1.54, 1.807) is 14.0 Å². The first kappa shape index (κ1) is 8.94. The van der Waals surface area contributed by atoms with Crippen LogP contribution in [-0.2, 0) is 7.05 Å². The number of hydrogen-bond donors (Lipinski definition) is 0. The lowest BCUT2D eigenvalue weighted by atomic mass is 10.8. The van der Waals surface area contributed by atoms with Crippen molar-refractivity contribution in [1.82, 2.24) is 9.78 Å². The molecule has 1 aromatic rings. The van der Waals surface area contributed by atoms with Gasteiger partial charge in [0.15, 0.2) is 0 Å². The largest absolute Gasteiger partial charge is 0.436 e. The summed E-state index contributed by atoms with van der Waals surface area (Å²) in [6, 6.07) is 0. The zero-order valence-corrected chi connectivity index (χ0v) is 6.71. The molecule has 0 atom stereocenters. The molecule has 0 fully saturated rings. The van der Waals surface area contributed by atoms with Crippen molar-refractivity contribution in [3.8, 4) is 0 Å². The molecule has 4 nitrogen and oxygen atoms in total. The summed E-state index contributed by atoms with van der Waals surface area (Å²) in [7, 11) is 1.54. The molecule has 0 bridgehead atoms. The number of aryl methyl sites for hydroxylation is 2. The summed E-state index contributed by atoms with van der Waals surface area (Å²) >= 11 is 0. The van der Waals surface area contributed by atoms with Gasteiger partial charge in [0.05, 0.1) is 0 Å².